The molecule has 1 fully saturated rings. The van der Waals surface area contributed by atoms with Crippen molar-refractivity contribution in [3.05, 3.63) is 35.6 Å². The second kappa shape index (κ2) is 3.59. The van der Waals surface area contributed by atoms with Gasteiger partial charge in [0, 0.05) is 25.3 Å². The fraction of sp³-hybridized carbons (Fsp3) is 0.429. The standard InChI is InChI=1S/C14H16O3/c1-9-3-4-12-10(5-9)6-13(17-12)14(15)7-11(8-14)16-2/h3-6,11,15H,7-8H2,1-2H3. The van der Waals surface area contributed by atoms with Crippen LogP contribution in [0.25, 0.3) is 11.0 Å². The predicted molar refractivity (Wildman–Crippen MR) is 64.9 cm³/mol. The normalized spacial score (nSPS) is 28.3. The van der Waals surface area contributed by atoms with Crippen molar-refractivity contribution in [1.82, 2.24) is 0 Å². The summed E-state index contributed by atoms with van der Waals surface area (Å²) in [4.78, 5) is 0. The Hall–Kier alpha value is -1.32. The smallest absolute Gasteiger partial charge is 0.137 e. The van der Waals surface area contributed by atoms with Gasteiger partial charge in [0.05, 0.1) is 6.10 Å². The summed E-state index contributed by atoms with van der Waals surface area (Å²) >= 11 is 0. The van der Waals surface area contributed by atoms with E-state index in [0.29, 0.717) is 18.6 Å². The fourth-order valence-electron chi connectivity index (χ4n) is 2.45. The minimum absolute atomic E-state index is 0.148. The highest BCUT2D eigenvalue weighted by Crippen LogP contribution is 2.44. The average Bonchev–Trinajstić information content (AvgIpc) is 2.67. The molecule has 0 unspecified atom stereocenters. The maximum absolute atomic E-state index is 10.4. The monoisotopic (exact) mass is 232 g/mol. The van der Waals surface area contributed by atoms with Crippen LogP contribution in [0.4, 0.5) is 0 Å². The molecule has 0 atom stereocenters. The largest absolute Gasteiger partial charge is 0.458 e. The lowest BCUT2D eigenvalue weighted by molar-refractivity contribution is -0.142. The minimum Gasteiger partial charge on any atom is -0.458 e. The second-order valence-electron chi connectivity index (χ2n) is 4.95. The molecule has 1 aromatic heterocycles. The number of aliphatic hydroxyl groups is 1. The lowest BCUT2D eigenvalue weighted by Gasteiger charge is -2.40. The number of ether oxygens (including phenoxy) is 1. The summed E-state index contributed by atoms with van der Waals surface area (Å²) in [6, 6.07) is 7.97. The summed E-state index contributed by atoms with van der Waals surface area (Å²) in [5.74, 6) is 0.659. The summed E-state index contributed by atoms with van der Waals surface area (Å²) in [5.41, 5.74) is 1.19. The van der Waals surface area contributed by atoms with Gasteiger partial charge in [0.15, 0.2) is 0 Å². The zero-order chi connectivity index (χ0) is 12.0. The van der Waals surface area contributed by atoms with E-state index in [0.717, 1.165) is 11.0 Å². The lowest BCUT2D eigenvalue weighted by atomic mass is 9.76. The molecule has 3 nitrogen and oxygen atoms in total. The van der Waals surface area contributed by atoms with E-state index in [9.17, 15) is 5.11 Å². The number of methoxy groups -OCH3 is 1. The molecule has 1 aromatic carbocycles. The van der Waals surface area contributed by atoms with Crippen molar-refractivity contribution in [1.29, 1.82) is 0 Å². The number of aryl methyl sites for hydroxylation is 1. The Kier molecular flexibility index (Phi) is 2.28. The molecule has 3 heteroatoms. The van der Waals surface area contributed by atoms with Gasteiger partial charge in [0.1, 0.15) is 16.9 Å². The number of hydrogen-bond acceptors (Lipinski definition) is 3. The van der Waals surface area contributed by atoms with Crippen molar-refractivity contribution in [3.63, 3.8) is 0 Å². The molecule has 1 N–H and O–H groups in total. The second-order valence-corrected chi connectivity index (χ2v) is 4.95. The molecule has 0 bridgehead atoms. The van der Waals surface area contributed by atoms with Gasteiger partial charge in [-0.25, -0.2) is 0 Å². The first kappa shape index (κ1) is 10.8. The third-order valence-electron chi connectivity index (χ3n) is 3.59. The van der Waals surface area contributed by atoms with Crippen LogP contribution in [0, 0.1) is 6.92 Å². The van der Waals surface area contributed by atoms with Crippen molar-refractivity contribution in [2.45, 2.75) is 31.5 Å². The maximum atomic E-state index is 10.4. The van der Waals surface area contributed by atoms with Crippen LogP contribution < -0.4 is 0 Å². The molecule has 0 aliphatic heterocycles. The Bertz CT molecular complexity index is 550. The van der Waals surface area contributed by atoms with Gasteiger partial charge < -0.3 is 14.3 Å². The van der Waals surface area contributed by atoms with Gasteiger partial charge in [0.25, 0.3) is 0 Å². The summed E-state index contributed by atoms with van der Waals surface area (Å²) in [6.07, 6.45) is 1.37. The highest BCUT2D eigenvalue weighted by Gasteiger charge is 2.46. The van der Waals surface area contributed by atoms with E-state index in [1.54, 1.807) is 7.11 Å². The van der Waals surface area contributed by atoms with Gasteiger partial charge in [-0.15, -0.1) is 0 Å². The van der Waals surface area contributed by atoms with Gasteiger partial charge in [0.2, 0.25) is 0 Å². The molecule has 2 aromatic rings. The van der Waals surface area contributed by atoms with Crippen molar-refractivity contribution >= 4 is 11.0 Å². The number of rotatable bonds is 2. The van der Waals surface area contributed by atoms with Gasteiger partial charge in [-0.05, 0) is 25.1 Å². The Morgan fingerprint density at radius 3 is 2.82 bits per heavy atom. The zero-order valence-electron chi connectivity index (χ0n) is 10.1. The first-order valence-electron chi connectivity index (χ1n) is 5.86. The van der Waals surface area contributed by atoms with E-state index in [1.165, 1.54) is 5.56 Å². The van der Waals surface area contributed by atoms with Crippen LogP contribution in [0.5, 0.6) is 0 Å². The van der Waals surface area contributed by atoms with Crippen molar-refractivity contribution in [3.8, 4) is 0 Å². The highest BCUT2D eigenvalue weighted by molar-refractivity contribution is 5.79. The SMILES string of the molecule is COC1CC(O)(c2cc3cc(C)ccc3o2)C1. The maximum Gasteiger partial charge on any atom is 0.137 e. The van der Waals surface area contributed by atoms with Gasteiger partial charge in [-0.1, -0.05) is 11.6 Å². The predicted octanol–water partition coefficient (Wildman–Crippen LogP) is 2.74. The summed E-state index contributed by atoms with van der Waals surface area (Å²) in [5, 5.41) is 11.4. The van der Waals surface area contributed by atoms with Crippen LogP contribution in [0.1, 0.15) is 24.2 Å². The van der Waals surface area contributed by atoms with Crippen molar-refractivity contribution < 1.29 is 14.3 Å². The first-order valence-corrected chi connectivity index (χ1v) is 5.86. The molecule has 1 aliphatic rings. The minimum atomic E-state index is -0.840. The van der Waals surface area contributed by atoms with E-state index in [1.807, 2.05) is 25.1 Å². The zero-order valence-corrected chi connectivity index (χ0v) is 10.1. The highest BCUT2D eigenvalue weighted by atomic mass is 16.5. The van der Waals surface area contributed by atoms with Crippen LogP contribution in [0.15, 0.2) is 28.7 Å². The Labute approximate surface area is 100.0 Å². The average molecular weight is 232 g/mol. The molecule has 1 heterocycles. The van der Waals surface area contributed by atoms with E-state index in [2.05, 4.69) is 6.07 Å². The number of benzene rings is 1. The van der Waals surface area contributed by atoms with Gasteiger partial charge in [-0.2, -0.15) is 0 Å². The fourth-order valence-corrected chi connectivity index (χ4v) is 2.45. The Morgan fingerprint density at radius 1 is 1.35 bits per heavy atom. The third kappa shape index (κ3) is 1.66. The molecule has 3 rings (SSSR count). The molecule has 1 saturated carbocycles. The molecule has 1 aliphatic carbocycles. The molecule has 17 heavy (non-hydrogen) atoms. The van der Waals surface area contributed by atoms with Crippen LogP contribution in [0.3, 0.4) is 0 Å². The molecular weight excluding hydrogens is 216 g/mol. The molecule has 0 radical (unpaired) electrons. The summed E-state index contributed by atoms with van der Waals surface area (Å²) in [7, 11) is 1.67. The summed E-state index contributed by atoms with van der Waals surface area (Å²) < 4.78 is 10.9. The third-order valence-corrected chi connectivity index (χ3v) is 3.59. The molecule has 0 amide bonds. The topological polar surface area (TPSA) is 42.6 Å². The first-order chi connectivity index (χ1) is 8.10. The molecule has 0 spiro atoms. The van der Waals surface area contributed by atoms with Gasteiger partial charge >= 0.3 is 0 Å². The van der Waals surface area contributed by atoms with Crippen LogP contribution >= 0.6 is 0 Å². The van der Waals surface area contributed by atoms with E-state index < -0.39 is 5.60 Å². The quantitative estimate of drug-likeness (QED) is 0.865. The van der Waals surface area contributed by atoms with Crippen molar-refractivity contribution in [2.24, 2.45) is 0 Å². The van der Waals surface area contributed by atoms with E-state index in [-0.39, 0.29) is 6.10 Å². The molecule has 0 saturated heterocycles. The Morgan fingerprint density at radius 2 is 2.12 bits per heavy atom. The summed E-state index contributed by atoms with van der Waals surface area (Å²) in [6.45, 7) is 2.05. The van der Waals surface area contributed by atoms with Crippen LogP contribution in [-0.4, -0.2) is 18.3 Å². The van der Waals surface area contributed by atoms with Gasteiger partial charge in [-0.3, -0.25) is 0 Å². The molecular formula is C14H16O3. The number of fused-ring (bicyclic) bond motifs is 1. The van der Waals surface area contributed by atoms with Crippen LogP contribution in [-0.2, 0) is 10.3 Å². The van der Waals surface area contributed by atoms with Crippen LogP contribution in [0.2, 0.25) is 0 Å². The molecule has 90 valence electrons. The number of furan rings is 1. The van der Waals surface area contributed by atoms with E-state index in [4.69, 9.17) is 9.15 Å². The lowest BCUT2D eigenvalue weighted by Crippen LogP contribution is -2.45. The van der Waals surface area contributed by atoms with E-state index >= 15 is 0 Å². The Balaban J connectivity index is 1.96. The van der Waals surface area contributed by atoms with Crippen molar-refractivity contribution in [2.75, 3.05) is 7.11 Å². The number of hydrogen-bond donors (Lipinski definition) is 1.